The van der Waals surface area contributed by atoms with Crippen molar-refractivity contribution in [3.63, 3.8) is 0 Å². The van der Waals surface area contributed by atoms with Gasteiger partial charge in [-0.3, -0.25) is 4.79 Å². The van der Waals surface area contributed by atoms with Crippen molar-refractivity contribution in [3.05, 3.63) is 34.1 Å². The molecule has 1 saturated heterocycles. The summed E-state index contributed by atoms with van der Waals surface area (Å²) in [7, 11) is 1.90. The third kappa shape index (κ3) is 3.07. The highest BCUT2D eigenvalue weighted by Gasteiger charge is 2.25. The molecule has 1 fully saturated rings. The predicted octanol–water partition coefficient (Wildman–Crippen LogP) is 2.61. The summed E-state index contributed by atoms with van der Waals surface area (Å²) in [4.78, 5) is 14.2. The van der Waals surface area contributed by atoms with E-state index in [2.05, 4.69) is 5.32 Å². The first-order valence-corrected chi connectivity index (χ1v) is 6.83. The Kier molecular flexibility index (Phi) is 4.42. The van der Waals surface area contributed by atoms with Gasteiger partial charge in [0, 0.05) is 19.1 Å². The summed E-state index contributed by atoms with van der Waals surface area (Å²) in [5.74, 6) is -0.499. The highest BCUT2D eigenvalue weighted by molar-refractivity contribution is 6.33. The highest BCUT2D eigenvalue weighted by atomic mass is 35.5. The lowest BCUT2D eigenvalue weighted by Gasteiger charge is -2.32. The first kappa shape index (κ1) is 14.3. The third-order valence-corrected chi connectivity index (χ3v) is 3.91. The van der Waals surface area contributed by atoms with Crippen LogP contribution in [0.25, 0.3) is 0 Å². The molecule has 1 amide bonds. The maximum absolute atomic E-state index is 13.4. The largest absolute Gasteiger partial charge is 0.337 e. The van der Waals surface area contributed by atoms with Crippen LogP contribution in [0.1, 0.15) is 28.8 Å². The number of likely N-dealkylation sites (tertiary alicyclic amines) is 1. The number of benzene rings is 1. The molecule has 5 heteroatoms. The first-order chi connectivity index (χ1) is 9.02. The molecule has 0 saturated carbocycles. The van der Waals surface area contributed by atoms with Crippen molar-refractivity contribution >= 4 is 17.5 Å². The molecule has 0 radical (unpaired) electrons. The molecular formula is C14H18ClFN2O. The molecule has 0 aliphatic carbocycles. The molecule has 1 aliphatic heterocycles. The molecule has 3 nitrogen and oxygen atoms in total. The second-order valence-corrected chi connectivity index (χ2v) is 5.37. The molecule has 0 bridgehead atoms. The van der Waals surface area contributed by atoms with E-state index in [0.29, 0.717) is 23.7 Å². The van der Waals surface area contributed by atoms with Crippen molar-refractivity contribution < 1.29 is 9.18 Å². The van der Waals surface area contributed by atoms with E-state index in [-0.39, 0.29) is 16.7 Å². The number of nitrogens with zero attached hydrogens (tertiary/aromatic N) is 1. The van der Waals surface area contributed by atoms with E-state index in [4.69, 9.17) is 11.6 Å². The van der Waals surface area contributed by atoms with Gasteiger partial charge in [-0.1, -0.05) is 11.6 Å². The van der Waals surface area contributed by atoms with Gasteiger partial charge in [0.15, 0.2) is 0 Å². The summed E-state index contributed by atoms with van der Waals surface area (Å²) >= 11 is 5.98. The van der Waals surface area contributed by atoms with E-state index in [1.807, 2.05) is 7.05 Å². The third-order valence-electron chi connectivity index (χ3n) is 3.60. The summed E-state index contributed by atoms with van der Waals surface area (Å²) in [6.45, 7) is 3.03. The van der Waals surface area contributed by atoms with Crippen LogP contribution in [0.5, 0.6) is 0 Å². The van der Waals surface area contributed by atoms with Crippen molar-refractivity contribution in [1.29, 1.82) is 0 Å². The monoisotopic (exact) mass is 284 g/mol. The van der Waals surface area contributed by atoms with Gasteiger partial charge in [-0.05, 0) is 44.5 Å². The van der Waals surface area contributed by atoms with Crippen LogP contribution in [-0.2, 0) is 0 Å². The molecule has 1 atom stereocenters. The zero-order valence-electron chi connectivity index (χ0n) is 11.2. The van der Waals surface area contributed by atoms with Gasteiger partial charge in [-0.2, -0.15) is 0 Å². The quantitative estimate of drug-likeness (QED) is 0.905. The standard InChI is InChI=1S/C14H18ClFN2O/c1-9-6-11(12(15)7-13(9)16)14(19)18-5-3-4-10(8-18)17-2/h6-7,10,17H,3-5,8H2,1-2H3. The van der Waals surface area contributed by atoms with E-state index in [1.54, 1.807) is 11.8 Å². The number of hydrogen-bond acceptors (Lipinski definition) is 2. The lowest BCUT2D eigenvalue weighted by atomic mass is 10.0. The SMILES string of the molecule is CNC1CCCN(C(=O)c2cc(C)c(F)cc2Cl)C1. The number of hydrogen-bond donors (Lipinski definition) is 1. The molecule has 1 N–H and O–H groups in total. The minimum Gasteiger partial charge on any atom is -0.337 e. The number of halogens is 2. The van der Waals surface area contributed by atoms with Crippen LogP contribution in [0.4, 0.5) is 4.39 Å². The minimum atomic E-state index is -0.381. The minimum absolute atomic E-state index is 0.118. The zero-order valence-corrected chi connectivity index (χ0v) is 11.9. The lowest BCUT2D eigenvalue weighted by Crippen LogP contribution is -2.47. The second-order valence-electron chi connectivity index (χ2n) is 4.96. The van der Waals surface area contributed by atoms with Crippen molar-refractivity contribution in [2.45, 2.75) is 25.8 Å². The van der Waals surface area contributed by atoms with Gasteiger partial charge in [0.05, 0.1) is 10.6 Å². The molecule has 1 heterocycles. The van der Waals surface area contributed by atoms with E-state index >= 15 is 0 Å². The summed E-state index contributed by atoms with van der Waals surface area (Å²) in [6, 6.07) is 3.06. The molecule has 1 aromatic carbocycles. The summed E-state index contributed by atoms with van der Waals surface area (Å²) in [5, 5.41) is 3.37. The molecule has 104 valence electrons. The summed E-state index contributed by atoms with van der Waals surface area (Å²) < 4.78 is 13.4. The van der Waals surface area contributed by atoms with Gasteiger partial charge < -0.3 is 10.2 Å². The predicted molar refractivity (Wildman–Crippen MR) is 74.1 cm³/mol. The van der Waals surface area contributed by atoms with Gasteiger partial charge in [0.25, 0.3) is 5.91 Å². The smallest absolute Gasteiger partial charge is 0.255 e. The topological polar surface area (TPSA) is 32.3 Å². The maximum atomic E-state index is 13.4. The Morgan fingerprint density at radius 2 is 2.26 bits per heavy atom. The Morgan fingerprint density at radius 3 is 2.95 bits per heavy atom. The van der Waals surface area contributed by atoms with Crippen LogP contribution >= 0.6 is 11.6 Å². The molecular weight excluding hydrogens is 267 g/mol. The molecule has 0 aromatic heterocycles. The molecule has 0 spiro atoms. The van der Waals surface area contributed by atoms with Gasteiger partial charge in [-0.15, -0.1) is 0 Å². The van der Waals surface area contributed by atoms with Gasteiger partial charge >= 0.3 is 0 Å². The van der Waals surface area contributed by atoms with Crippen molar-refractivity contribution in [2.75, 3.05) is 20.1 Å². The normalized spacial score (nSPS) is 19.6. The number of amides is 1. The Morgan fingerprint density at radius 1 is 1.53 bits per heavy atom. The van der Waals surface area contributed by atoms with Crippen LogP contribution in [0.3, 0.4) is 0 Å². The average Bonchev–Trinajstić information content (AvgIpc) is 2.42. The van der Waals surface area contributed by atoms with Crippen molar-refractivity contribution in [3.8, 4) is 0 Å². The Bertz CT molecular complexity index is 493. The molecule has 1 aromatic rings. The first-order valence-electron chi connectivity index (χ1n) is 6.45. The molecule has 1 aliphatic rings. The van der Waals surface area contributed by atoms with E-state index in [0.717, 1.165) is 19.4 Å². The number of piperidine rings is 1. The second kappa shape index (κ2) is 5.88. The fourth-order valence-electron chi connectivity index (χ4n) is 2.39. The average molecular weight is 285 g/mol. The summed E-state index contributed by atoms with van der Waals surface area (Å²) in [6.07, 6.45) is 2.03. The van der Waals surface area contributed by atoms with Crippen LogP contribution in [0.15, 0.2) is 12.1 Å². The maximum Gasteiger partial charge on any atom is 0.255 e. The van der Waals surface area contributed by atoms with Crippen molar-refractivity contribution in [1.82, 2.24) is 10.2 Å². The van der Waals surface area contributed by atoms with E-state index < -0.39 is 0 Å². The van der Waals surface area contributed by atoms with Crippen molar-refractivity contribution in [2.24, 2.45) is 0 Å². The summed E-state index contributed by atoms with van der Waals surface area (Å²) in [5.41, 5.74) is 0.826. The van der Waals surface area contributed by atoms with Crippen LogP contribution in [-0.4, -0.2) is 37.0 Å². The van der Waals surface area contributed by atoms with E-state index in [1.165, 1.54) is 12.1 Å². The zero-order chi connectivity index (χ0) is 14.0. The number of likely N-dealkylation sites (N-methyl/N-ethyl adjacent to an activating group) is 1. The molecule has 1 unspecified atom stereocenters. The number of carbonyl (C=O) groups is 1. The number of rotatable bonds is 2. The number of carbonyl (C=O) groups excluding carboxylic acids is 1. The Labute approximate surface area is 117 Å². The molecule has 2 rings (SSSR count). The number of aryl methyl sites for hydroxylation is 1. The van der Waals surface area contributed by atoms with Crippen LogP contribution in [0.2, 0.25) is 5.02 Å². The van der Waals surface area contributed by atoms with Gasteiger partial charge in [-0.25, -0.2) is 4.39 Å². The van der Waals surface area contributed by atoms with Crippen LogP contribution < -0.4 is 5.32 Å². The van der Waals surface area contributed by atoms with Crippen LogP contribution in [0, 0.1) is 12.7 Å². The highest BCUT2D eigenvalue weighted by Crippen LogP contribution is 2.23. The Balaban J connectivity index is 2.22. The fraction of sp³-hybridized carbons (Fsp3) is 0.500. The van der Waals surface area contributed by atoms with Gasteiger partial charge in [0.2, 0.25) is 0 Å². The van der Waals surface area contributed by atoms with E-state index in [9.17, 15) is 9.18 Å². The van der Waals surface area contributed by atoms with Gasteiger partial charge in [0.1, 0.15) is 5.82 Å². The molecule has 19 heavy (non-hydrogen) atoms. The Hall–Kier alpha value is -1.13. The number of nitrogens with one attached hydrogen (secondary N) is 1. The fourth-order valence-corrected chi connectivity index (χ4v) is 2.62. The lowest BCUT2D eigenvalue weighted by molar-refractivity contribution is 0.0698.